The molecule has 7 atom stereocenters. The van der Waals surface area contributed by atoms with Crippen molar-refractivity contribution in [2.75, 3.05) is 5.75 Å². The maximum Gasteiger partial charge on any atom is 0.328 e. The van der Waals surface area contributed by atoms with Crippen LogP contribution in [0.1, 0.15) is 20.8 Å². The number of nitrogens with one attached hydrogen (secondary N) is 3. The molecule has 0 saturated heterocycles. The van der Waals surface area contributed by atoms with Gasteiger partial charge in [-0.2, -0.15) is 12.6 Å². The number of hydrogen-bond donors (Lipinski definition) is 9. The van der Waals surface area contributed by atoms with E-state index >= 15 is 0 Å². The molecule has 0 aliphatic carbocycles. The van der Waals surface area contributed by atoms with Gasteiger partial charge in [-0.1, -0.05) is 0 Å². The molecule has 0 fully saturated rings. The highest BCUT2D eigenvalue weighted by molar-refractivity contribution is 7.80. The quantitative estimate of drug-likeness (QED) is 0.147. The predicted molar refractivity (Wildman–Crippen MR) is 100 cm³/mol. The topological polar surface area (TPSA) is 211 Å². The van der Waals surface area contributed by atoms with Crippen LogP contribution in [-0.4, -0.2) is 92.3 Å². The summed E-state index contributed by atoms with van der Waals surface area (Å²) in [7, 11) is 0. The summed E-state index contributed by atoms with van der Waals surface area (Å²) in [4.78, 5) is 47.5. The number of amides is 3. The Kier molecular flexibility index (Phi) is 11.0. The molecule has 0 aromatic heterocycles. The Hall–Kier alpha value is -1.93. The Morgan fingerprint density at radius 3 is 1.64 bits per heavy atom. The standard InChI is InChI=1S/C15H28N4O8S/c1-5(20)9(16)13(24)17-8(4-28)12(23)18-10(6(2)21)14(25)19-11(7(3)22)15(26)27/h5-11,20-22,28H,4,16H2,1-3H3,(H,17,24)(H,18,23)(H,19,25)(H,26,27). The smallest absolute Gasteiger partial charge is 0.328 e. The molecule has 0 heterocycles. The summed E-state index contributed by atoms with van der Waals surface area (Å²) >= 11 is 3.93. The molecular weight excluding hydrogens is 396 g/mol. The van der Waals surface area contributed by atoms with Gasteiger partial charge in [0.1, 0.15) is 18.1 Å². The monoisotopic (exact) mass is 424 g/mol. The van der Waals surface area contributed by atoms with Crippen LogP contribution < -0.4 is 21.7 Å². The first-order chi connectivity index (χ1) is 12.8. The third-order valence-electron chi connectivity index (χ3n) is 3.75. The zero-order valence-electron chi connectivity index (χ0n) is 15.7. The first kappa shape index (κ1) is 26.1. The van der Waals surface area contributed by atoms with Gasteiger partial charge < -0.3 is 42.1 Å². The van der Waals surface area contributed by atoms with Crippen LogP contribution in [0.5, 0.6) is 0 Å². The van der Waals surface area contributed by atoms with E-state index in [4.69, 9.17) is 10.8 Å². The van der Waals surface area contributed by atoms with Gasteiger partial charge in [-0.15, -0.1) is 0 Å². The van der Waals surface area contributed by atoms with E-state index < -0.39 is 66.2 Å². The zero-order chi connectivity index (χ0) is 22.2. The lowest BCUT2D eigenvalue weighted by Crippen LogP contribution is -2.61. The van der Waals surface area contributed by atoms with E-state index in [-0.39, 0.29) is 5.75 Å². The second kappa shape index (κ2) is 11.8. The maximum absolute atomic E-state index is 12.3. The average molecular weight is 424 g/mol. The SMILES string of the molecule is CC(O)C(N)C(=O)NC(CS)C(=O)NC(C(=O)NC(C(=O)O)C(C)O)C(C)O. The molecule has 0 saturated carbocycles. The minimum atomic E-state index is -1.66. The van der Waals surface area contributed by atoms with Gasteiger partial charge >= 0.3 is 5.97 Å². The molecule has 0 bridgehead atoms. The summed E-state index contributed by atoms with van der Waals surface area (Å²) < 4.78 is 0. The van der Waals surface area contributed by atoms with E-state index in [2.05, 4.69) is 23.3 Å². The van der Waals surface area contributed by atoms with Crippen molar-refractivity contribution >= 4 is 36.3 Å². The number of aliphatic hydroxyl groups excluding tert-OH is 3. The van der Waals surface area contributed by atoms with Crippen molar-refractivity contribution in [3.05, 3.63) is 0 Å². The number of hydrogen-bond acceptors (Lipinski definition) is 9. The van der Waals surface area contributed by atoms with Crippen molar-refractivity contribution in [2.24, 2.45) is 5.73 Å². The van der Waals surface area contributed by atoms with Crippen LogP contribution in [0.3, 0.4) is 0 Å². The lowest BCUT2D eigenvalue weighted by Gasteiger charge is -2.26. The van der Waals surface area contributed by atoms with Gasteiger partial charge in [-0.3, -0.25) is 14.4 Å². The lowest BCUT2D eigenvalue weighted by atomic mass is 10.1. The Morgan fingerprint density at radius 1 is 0.821 bits per heavy atom. The van der Waals surface area contributed by atoms with E-state index in [9.17, 15) is 34.5 Å². The van der Waals surface area contributed by atoms with Crippen LogP contribution in [0.15, 0.2) is 0 Å². The van der Waals surface area contributed by atoms with Crippen LogP contribution in [0.4, 0.5) is 0 Å². The van der Waals surface area contributed by atoms with Gasteiger partial charge in [0, 0.05) is 5.75 Å². The summed E-state index contributed by atoms with van der Waals surface area (Å²) in [6.45, 7) is 3.61. The van der Waals surface area contributed by atoms with E-state index in [1.54, 1.807) is 0 Å². The van der Waals surface area contributed by atoms with E-state index in [0.717, 1.165) is 6.92 Å². The number of carbonyl (C=O) groups excluding carboxylic acids is 3. The molecule has 12 nitrogen and oxygen atoms in total. The number of nitrogens with two attached hydrogens (primary N) is 1. The van der Waals surface area contributed by atoms with Crippen molar-refractivity contribution in [1.82, 2.24) is 16.0 Å². The van der Waals surface area contributed by atoms with Crippen molar-refractivity contribution in [1.29, 1.82) is 0 Å². The minimum Gasteiger partial charge on any atom is -0.480 e. The molecule has 0 aromatic rings. The molecule has 3 amide bonds. The summed E-state index contributed by atoms with van der Waals surface area (Å²) in [5.74, 6) is -4.48. The Bertz CT molecular complexity index is 572. The third kappa shape index (κ3) is 7.98. The van der Waals surface area contributed by atoms with Crippen LogP contribution in [-0.2, 0) is 19.2 Å². The molecule has 0 aromatic carbocycles. The fourth-order valence-corrected chi connectivity index (χ4v) is 2.23. The van der Waals surface area contributed by atoms with Crippen molar-refractivity contribution in [3.63, 3.8) is 0 Å². The molecule has 0 rings (SSSR count). The number of rotatable bonds is 11. The number of aliphatic carboxylic acids is 1. The first-order valence-electron chi connectivity index (χ1n) is 8.38. The van der Waals surface area contributed by atoms with Gasteiger partial charge in [0.15, 0.2) is 6.04 Å². The van der Waals surface area contributed by atoms with Crippen molar-refractivity contribution in [2.45, 2.75) is 63.3 Å². The molecule has 28 heavy (non-hydrogen) atoms. The molecule has 0 spiro atoms. The number of thiol groups is 1. The minimum absolute atomic E-state index is 0.191. The largest absolute Gasteiger partial charge is 0.480 e. The molecule has 0 aliphatic heterocycles. The number of aliphatic hydroxyl groups is 3. The summed E-state index contributed by atoms with van der Waals surface area (Å²) in [6.07, 6.45) is -4.03. The van der Waals surface area contributed by atoms with Crippen LogP contribution in [0, 0.1) is 0 Å². The van der Waals surface area contributed by atoms with Gasteiger partial charge in [-0.05, 0) is 20.8 Å². The molecule has 9 N–H and O–H groups in total. The van der Waals surface area contributed by atoms with Gasteiger partial charge in [-0.25, -0.2) is 4.79 Å². The van der Waals surface area contributed by atoms with E-state index in [0.29, 0.717) is 0 Å². The average Bonchev–Trinajstić information content (AvgIpc) is 2.59. The van der Waals surface area contributed by atoms with Crippen LogP contribution >= 0.6 is 12.6 Å². The fourth-order valence-electron chi connectivity index (χ4n) is 1.97. The summed E-state index contributed by atoms with van der Waals surface area (Å²) in [5.41, 5.74) is 5.47. The summed E-state index contributed by atoms with van der Waals surface area (Å²) in [6, 6.07) is -5.77. The van der Waals surface area contributed by atoms with Crippen LogP contribution in [0.25, 0.3) is 0 Å². The maximum atomic E-state index is 12.3. The highest BCUT2D eigenvalue weighted by Crippen LogP contribution is 2.01. The molecule has 13 heteroatoms. The second-order valence-electron chi connectivity index (χ2n) is 6.30. The Morgan fingerprint density at radius 2 is 1.29 bits per heavy atom. The fraction of sp³-hybridized carbons (Fsp3) is 0.733. The van der Waals surface area contributed by atoms with Crippen LogP contribution in [0.2, 0.25) is 0 Å². The highest BCUT2D eigenvalue weighted by atomic mass is 32.1. The molecule has 162 valence electrons. The van der Waals surface area contributed by atoms with E-state index in [1.807, 2.05) is 5.32 Å². The van der Waals surface area contributed by atoms with Crippen molar-refractivity contribution < 1.29 is 39.6 Å². The molecule has 0 aliphatic rings. The first-order valence-corrected chi connectivity index (χ1v) is 9.01. The third-order valence-corrected chi connectivity index (χ3v) is 4.11. The highest BCUT2D eigenvalue weighted by Gasteiger charge is 2.33. The zero-order valence-corrected chi connectivity index (χ0v) is 16.6. The van der Waals surface area contributed by atoms with E-state index in [1.165, 1.54) is 13.8 Å². The lowest BCUT2D eigenvalue weighted by molar-refractivity contribution is -0.146. The molecule has 0 radical (unpaired) electrons. The second-order valence-corrected chi connectivity index (χ2v) is 6.67. The number of carbonyl (C=O) groups is 4. The van der Waals surface area contributed by atoms with Gasteiger partial charge in [0.25, 0.3) is 0 Å². The predicted octanol–water partition coefficient (Wildman–Crippen LogP) is -4.08. The Labute approximate surface area is 167 Å². The summed E-state index contributed by atoms with van der Waals surface area (Å²) in [5, 5.41) is 44.0. The number of carboxylic acids is 1. The van der Waals surface area contributed by atoms with Gasteiger partial charge in [0.2, 0.25) is 17.7 Å². The Balaban J connectivity index is 5.20. The van der Waals surface area contributed by atoms with Crippen molar-refractivity contribution in [3.8, 4) is 0 Å². The normalized spacial score (nSPS) is 18.6. The van der Waals surface area contributed by atoms with Gasteiger partial charge in [0.05, 0.1) is 18.3 Å². The molecule has 7 unspecified atom stereocenters. The molecular formula is C15H28N4O8S. The number of carboxylic acid groups (broad SMARTS) is 1.